The molecule has 0 heterocycles. The van der Waals surface area contributed by atoms with Gasteiger partial charge in [-0.2, -0.15) is 0 Å². The molecule has 1 amide bonds. The first kappa shape index (κ1) is 14.2. The van der Waals surface area contributed by atoms with Gasteiger partial charge >= 0.3 is 0 Å². The predicted octanol–water partition coefficient (Wildman–Crippen LogP) is 2.93. The molecule has 114 valence electrons. The van der Waals surface area contributed by atoms with E-state index in [-0.39, 0.29) is 5.91 Å². The second kappa shape index (κ2) is 5.96. The summed E-state index contributed by atoms with van der Waals surface area (Å²) in [6.45, 7) is 4.31. The molecule has 3 rings (SSSR count). The molecule has 0 unspecified atom stereocenters. The van der Waals surface area contributed by atoms with Gasteiger partial charge in [-0.1, -0.05) is 0 Å². The van der Waals surface area contributed by atoms with Crippen LogP contribution in [-0.2, 0) is 0 Å². The van der Waals surface area contributed by atoms with Gasteiger partial charge in [0.2, 0.25) is 0 Å². The van der Waals surface area contributed by atoms with Crippen molar-refractivity contribution in [2.45, 2.75) is 32.6 Å². The second-order valence-corrected chi connectivity index (χ2v) is 6.28. The zero-order chi connectivity index (χ0) is 14.8. The van der Waals surface area contributed by atoms with Gasteiger partial charge in [-0.15, -0.1) is 0 Å². The molecule has 0 saturated heterocycles. The Hall–Kier alpha value is -1.71. The van der Waals surface area contributed by atoms with E-state index < -0.39 is 0 Å². The molecule has 0 spiro atoms. The fourth-order valence-corrected chi connectivity index (χ4v) is 2.62. The lowest BCUT2D eigenvalue weighted by Crippen LogP contribution is -2.34. The lowest BCUT2D eigenvalue weighted by molar-refractivity contribution is 0.0739. The number of carbonyl (C=O) groups is 1. The zero-order valence-electron chi connectivity index (χ0n) is 12.7. The van der Waals surface area contributed by atoms with Gasteiger partial charge in [0.15, 0.2) is 0 Å². The first-order chi connectivity index (χ1) is 10.2. The molecule has 4 nitrogen and oxygen atoms in total. The monoisotopic (exact) mass is 288 g/mol. The largest absolute Gasteiger partial charge is 0.492 e. The Morgan fingerprint density at radius 2 is 1.86 bits per heavy atom. The van der Waals surface area contributed by atoms with Crippen molar-refractivity contribution in [3.05, 3.63) is 23.8 Å². The Morgan fingerprint density at radius 1 is 1.24 bits per heavy atom. The third kappa shape index (κ3) is 3.69. The van der Waals surface area contributed by atoms with Gasteiger partial charge < -0.3 is 15.4 Å². The van der Waals surface area contributed by atoms with Crippen LogP contribution in [0.4, 0.5) is 5.69 Å². The van der Waals surface area contributed by atoms with E-state index in [1.54, 1.807) is 12.1 Å². The third-order valence-corrected chi connectivity index (χ3v) is 4.19. The highest BCUT2D eigenvalue weighted by Crippen LogP contribution is 2.34. The molecular weight excluding hydrogens is 264 g/mol. The molecular formula is C17H24N2O2. The van der Waals surface area contributed by atoms with Crippen LogP contribution in [0.25, 0.3) is 0 Å². The molecule has 4 heteroatoms. The van der Waals surface area contributed by atoms with Crippen LogP contribution in [0.2, 0.25) is 0 Å². The summed E-state index contributed by atoms with van der Waals surface area (Å²) in [5.41, 5.74) is 7.20. The van der Waals surface area contributed by atoms with Gasteiger partial charge in [0.1, 0.15) is 5.75 Å². The molecule has 2 N–H and O–H groups in total. The Bertz CT molecular complexity index is 508. The van der Waals surface area contributed by atoms with E-state index in [1.165, 1.54) is 25.7 Å². The molecule has 0 atom stereocenters. The number of benzene rings is 1. The Labute approximate surface area is 126 Å². The first-order valence-electron chi connectivity index (χ1n) is 7.99. The summed E-state index contributed by atoms with van der Waals surface area (Å²) in [7, 11) is 0. The van der Waals surface area contributed by atoms with Gasteiger partial charge in [0.25, 0.3) is 5.91 Å². The molecule has 1 aromatic rings. The number of rotatable bonds is 7. The number of hydrogen-bond donors (Lipinski definition) is 1. The van der Waals surface area contributed by atoms with Gasteiger partial charge in [0.05, 0.1) is 12.3 Å². The molecule has 2 fully saturated rings. The highest BCUT2D eigenvalue weighted by Gasteiger charge is 2.31. The maximum Gasteiger partial charge on any atom is 0.253 e. The van der Waals surface area contributed by atoms with Crippen molar-refractivity contribution in [2.24, 2.45) is 11.8 Å². The number of nitrogens with zero attached hydrogens (tertiary/aromatic N) is 1. The number of ether oxygens (including phenoxy) is 1. The van der Waals surface area contributed by atoms with Gasteiger partial charge in [0, 0.05) is 18.7 Å². The minimum atomic E-state index is 0.114. The highest BCUT2D eigenvalue weighted by molar-refractivity contribution is 5.95. The van der Waals surface area contributed by atoms with Crippen molar-refractivity contribution in [3.8, 4) is 5.75 Å². The molecule has 2 aliphatic carbocycles. The van der Waals surface area contributed by atoms with Crippen molar-refractivity contribution < 1.29 is 9.53 Å². The third-order valence-electron chi connectivity index (χ3n) is 4.19. The number of carbonyl (C=O) groups excluding carboxylic acids is 1. The molecule has 0 aliphatic heterocycles. The van der Waals surface area contributed by atoms with Crippen molar-refractivity contribution in [3.63, 3.8) is 0 Å². The SMILES string of the molecule is CCOc1ccc(C(=O)N(CC2CC2)CC2CC2)cc1N. The highest BCUT2D eigenvalue weighted by atomic mass is 16.5. The Morgan fingerprint density at radius 3 is 2.33 bits per heavy atom. The number of nitrogens with two attached hydrogens (primary N) is 1. The van der Waals surface area contributed by atoms with E-state index in [0.717, 1.165) is 13.1 Å². The number of anilines is 1. The van der Waals surface area contributed by atoms with Crippen molar-refractivity contribution in [2.75, 3.05) is 25.4 Å². The molecule has 2 aliphatic rings. The Balaban J connectivity index is 1.72. The summed E-state index contributed by atoms with van der Waals surface area (Å²) in [5.74, 6) is 2.20. The molecule has 1 aromatic carbocycles. The summed E-state index contributed by atoms with van der Waals surface area (Å²) in [6.07, 6.45) is 5.06. The molecule has 0 bridgehead atoms. The van der Waals surface area contributed by atoms with Crippen LogP contribution in [0.5, 0.6) is 5.75 Å². The molecule has 0 aromatic heterocycles. The maximum absolute atomic E-state index is 12.7. The average molecular weight is 288 g/mol. The molecule has 2 saturated carbocycles. The smallest absolute Gasteiger partial charge is 0.253 e. The molecule has 0 radical (unpaired) electrons. The van der Waals surface area contributed by atoms with Crippen molar-refractivity contribution in [1.82, 2.24) is 4.90 Å². The standard InChI is InChI=1S/C17H24N2O2/c1-2-21-16-8-7-14(9-15(16)18)17(20)19(10-12-3-4-12)11-13-5-6-13/h7-9,12-13H,2-6,10-11,18H2,1H3. The molecule has 21 heavy (non-hydrogen) atoms. The normalized spacial score (nSPS) is 17.6. The average Bonchev–Trinajstić information content (AvgIpc) is 3.35. The van der Waals surface area contributed by atoms with Crippen LogP contribution in [0.1, 0.15) is 43.0 Å². The zero-order valence-corrected chi connectivity index (χ0v) is 12.7. The minimum absolute atomic E-state index is 0.114. The van der Waals surface area contributed by atoms with Crippen LogP contribution in [0.3, 0.4) is 0 Å². The van der Waals surface area contributed by atoms with E-state index in [1.807, 2.05) is 17.9 Å². The topological polar surface area (TPSA) is 55.6 Å². The summed E-state index contributed by atoms with van der Waals surface area (Å²) < 4.78 is 5.43. The number of nitrogen functional groups attached to an aromatic ring is 1. The fourth-order valence-electron chi connectivity index (χ4n) is 2.62. The van der Waals surface area contributed by atoms with Crippen molar-refractivity contribution in [1.29, 1.82) is 0 Å². The lowest BCUT2D eigenvalue weighted by Gasteiger charge is -2.23. The quantitative estimate of drug-likeness (QED) is 0.785. The fraction of sp³-hybridized carbons (Fsp3) is 0.588. The minimum Gasteiger partial charge on any atom is -0.492 e. The van der Waals surface area contributed by atoms with Gasteiger partial charge in [-0.05, 0) is 62.6 Å². The van der Waals surface area contributed by atoms with Crippen LogP contribution in [-0.4, -0.2) is 30.5 Å². The lowest BCUT2D eigenvalue weighted by atomic mass is 10.1. The Kier molecular flexibility index (Phi) is 4.04. The first-order valence-corrected chi connectivity index (χ1v) is 7.99. The summed E-state index contributed by atoms with van der Waals surface area (Å²) in [5, 5.41) is 0. The summed E-state index contributed by atoms with van der Waals surface area (Å²) in [6, 6.07) is 5.38. The van der Waals surface area contributed by atoms with Crippen LogP contribution in [0, 0.1) is 11.8 Å². The number of amides is 1. The van der Waals surface area contributed by atoms with Crippen LogP contribution >= 0.6 is 0 Å². The predicted molar refractivity (Wildman–Crippen MR) is 83.4 cm³/mol. The summed E-state index contributed by atoms with van der Waals surface area (Å²) in [4.78, 5) is 14.8. The van der Waals surface area contributed by atoms with Crippen LogP contribution in [0.15, 0.2) is 18.2 Å². The van der Waals surface area contributed by atoms with E-state index >= 15 is 0 Å². The summed E-state index contributed by atoms with van der Waals surface area (Å²) >= 11 is 0. The number of hydrogen-bond acceptors (Lipinski definition) is 3. The van der Waals surface area contributed by atoms with Gasteiger partial charge in [-0.25, -0.2) is 0 Å². The van der Waals surface area contributed by atoms with E-state index in [9.17, 15) is 4.79 Å². The van der Waals surface area contributed by atoms with E-state index in [4.69, 9.17) is 10.5 Å². The van der Waals surface area contributed by atoms with Crippen LogP contribution < -0.4 is 10.5 Å². The van der Waals surface area contributed by atoms with E-state index in [2.05, 4.69) is 0 Å². The second-order valence-electron chi connectivity index (χ2n) is 6.28. The van der Waals surface area contributed by atoms with Crippen molar-refractivity contribution >= 4 is 11.6 Å². The van der Waals surface area contributed by atoms with E-state index in [0.29, 0.717) is 35.4 Å². The maximum atomic E-state index is 12.7. The van der Waals surface area contributed by atoms with Gasteiger partial charge in [-0.3, -0.25) is 4.79 Å².